The third-order valence-electron chi connectivity index (χ3n) is 8.86. The van der Waals surface area contributed by atoms with Crippen LogP contribution in [-0.4, -0.2) is 0 Å². The Hall–Kier alpha value is -0.780. The van der Waals surface area contributed by atoms with E-state index < -0.39 is 20.6 Å². The molecular weight excluding hydrogens is 658 g/mol. The van der Waals surface area contributed by atoms with Crippen molar-refractivity contribution < 1.29 is 0 Å². The molecule has 0 aromatic heterocycles. The summed E-state index contributed by atoms with van der Waals surface area (Å²) in [6.45, 7) is 25.6. The van der Waals surface area contributed by atoms with Crippen molar-refractivity contribution in [3.05, 3.63) is 92.9 Å². The van der Waals surface area contributed by atoms with Crippen molar-refractivity contribution in [3.8, 4) is 0 Å². The van der Waals surface area contributed by atoms with Crippen LogP contribution in [0.1, 0.15) is 152 Å². The molecule has 6 heteroatoms. The molecule has 0 aliphatic heterocycles. The van der Waals surface area contributed by atoms with E-state index in [1.54, 1.807) is 0 Å². The van der Waals surface area contributed by atoms with Gasteiger partial charge in [0.05, 0.1) is 5.30 Å². The minimum Gasteiger partial charge on any atom is -0.749 e. The van der Waals surface area contributed by atoms with Crippen molar-refractivity contribution in [2.75, 3.05) is 0 Å². The van der Waals surface area contributed by atoms with Gasteiger partial charge in [-0.25, -0.2) is 0 Å². The molecule has 0 spiro atoms. The van der Waals surface area contributed by atoms with Crippen molar-refractivity contribution in [2.24, 2.45) is 0 Å². The van der Waals surface area contributed by atoms with Gasteiger partial charge in [-0.3, -0.25) is 0 Å². The molecule has 0 bridgehead atoms. The molecule has 45 heavy (non-hydrogen) atoms. The van der Waals surface area contributed by atoms with Crippen LogP contribution in [-0.2, 0) is 36.3 Å². The van der Waals surface area contributed by atoms with Gasteiger partial charge < -0.3 is 24.5 Å². The van der Waals surface area contributed by atoms with E-state index in [1.165, 1.54) is 64.8 Å². The average molecular weight is 709 g/mol. The van der Waals surface area contributed by atoms with Gasteiger partial charge in [-0.15, -0.1) is 0 Å². The molecule has 0 aliphatic rings. The summed E-state index contributed by atoms with van der Waals surface area (Å²) >= 11 is 20.2. The fourth-order valence-corrected chi connectivity index (χ4v) is 18.9. The van der Waals surface area contributed by atoms with Crippen molar-refractivity contribution >= 4 is 83.4 Å². The maximum atomic E-state index is 6.75. The fourth-order valence-electron chi connectivity index (χ4n) is 6.31. The first-order chi connectivity index (χ1) is 21.1. The first kappa shape index (κ1) is 37.0. The van der Waals surface area contributed by atoms with Crippen LogP contribution in [0.2, 0.25) is 0 Å². The Balaban J connectivity index is 2.14. The molecule has 3 unspecified atom stereocenters. The van der Waals surface area contributed by atoms with Crippen molar-refractivity contribution in [2.45, 2.75) is 119 Å². The van der Waals surface area contributed by atoms with Gasteiger partial charge >= 0.3 is 0 Å². The van der Waals surface area contributed by atoms with E-state index in [4.69, 9.17) is 36.3 Å². The molecule has 240 valence electrons. The van der Waals surface area contributed by atoms with Crippen LogP contribution in [0.3, 0.4) is 0 Å². The highest BCUT2D eigenvalue weighted by molar-refractivity contribution is 8.40. The van der Waals surface area contributed by atoms with Crippen LogP contribution in [0, 0.1) is 4.94 Å². The van der Waals surface area contributed by atoms with Gasteiger partial charge in [0.15, 0.2) is 22.1 Å². The lowest BCUT2D eigenvalue weighted by molar-refractivity contribution is 0.846. The average Bonchev–Trinajstić information content (AvgIpc) is 3.74. The molecule has 0 saturated heterocycles. The molecule has 0 N–H and O–H groups in total. The molecule has 0 nitrogen and oxygen atoms in total. The number of hydrogen-bond donors (Lipinski definition) is 0. The molecule has 0 aliphatic carbocycles. The van der Waals surface area contributed by atoms with Crippen LogP contribution in [0.25, 0.3) is 0 Å². The minimum atomic E-state index is -1.03. The summed E-state index contributed by atoms with van der Waals surface area (Å²) in [5.41, 5.74) is 8.33. The second-order valence-corrected chi connectivity index (χ2v) is 21.9. The number of benzene rings is 3. The Morgan fingerprint density at radius 1 is 0.489 bits per heavy atom. The van der Waals surface area contributed by atoms with Gasteiger partial charge in [0, 0.05) is 29.0 Å². The number of rotatable bonds is 11. The summed E-state index contributed by atoms with van der Waals surface area (Å²) in [6.07, 6.45) is 0. The molecule has 4 rings (SSSR count). The lowest BCUT2D eigenvalue weighted by Crippen LogP contribution is -2.21. The van der Waals surface area contributed by atoms with Gasteiger partial charge in [-0.05, 0) is 51.9 Å². The second kappa shape index (κ2) is 15.2. The summed E-state index contributed by atoms with van der Waals surface area (Å²) < 4.78 is 0. The zero-order valence-corrected chi connectivity index (χ0v) is 34.4. The Labute approximate surface area is 293 Å². The highest BCUT2D eigenvalue weighted by Gasteiger charge is 2.44. The van der Waals surface area contributed by atoms with E-state index in [9.17, 15) is 0 Å². The maximum absolute atomic E-state index is 6.75. The van der Waals surface area contributed by atoms with Gasteiger partial charge in [0.1, 0.15) is 5.30 Å². The molecule has 0 heterocycles. The predicted octanol–water partition coefficient (Wildman–Crippen LogP) is 10.9. The van der Waals surface area contributed by atoms with Crippen LogP contribution in [0.5, 0.6) is 0 Å². The largest absolute Gasteiger partial charge is 0.749 e. The molecule has 0 fully saturated rings. The normalized spacial score (nSPS) is 14.2. The molecule has 0 radical (unpaired) electrons. The monoisotopic (exact) mass is 708 g/mol. The summed E-state index contributed by atoms with van der Waals surface area (Å²) in [7, 11) is -1.03. The Kier molecular flexibility index (Phi) is 12.5. The molecule has 4 aromatic carbocycles. The van der Waals surface area contributed by atoms with Gasteiger partial charge in [-0.2, -0.15) is 7.12 Å². The van der Waals surface area contributed by atoms with E-state index in [-0.39, 0.29) is 0 Å². The third-order valence-corrected chi connectivity index (χ3v) is 18.0. The minimum absolute atomic E-state index is 0.399. The Morgan fingerprint density at radius 2 is 0.800 bits per heavy atom. The maximum Gasteiger partial charge on any atom is 0.256 e. The summed E-state index contributed by atoms with van der Waals surface area (Å²) in [5, 5.41) is 6.87. The highest BCUT2D eigenvalue weighted by atomic mass is 32.7. The van der Waals surface area contributed by atoms with E-state index in [2.05, 4.69) is 138 Å². The third kappa shape index (κ3) is 7.46. The van der Waals surface area contributed by atoms with Gasteiger partial charge in [0.2, 0.25) is 5.30 Å². The van der Waals surface area contributed by atoms with Crippen LogP contribution >= 0.6 is 20.6 Å². The van der Waals surface area contributed by atoms with Crippen molar-refractivity contribution in [1.29, 1.82) is 0 Å². The van der Waals surface area contributed by atoms with Crippen molar-refractivity contribution in [3.63, 3.8) is 0 Å². The lowest BCUT2D eigenvalue weighted by atomic mass is 9.95. The van der Waals surface area contributed by atoms with E-state index in [1.807, 2.05) is 0 Å². The van der Waals surface area contributed by atoms with Gasteiger partial charge in [0.25, 0.3) is 6.70 Å². The van der Waals surface area contributed by atoms with Crippen LogP contribution in [0.15, 0.2) is 54.6 Å². The van der Waals surface area contributed by atoms with E-state index in [0.717, 1.165) is 0 Å². The quantitative estimate of drug-likeness (QED) is 0.112. The Bertz CT molecular complexity index is 1640. The second-order valence-electron chi connectivity index (χ2n) is 14.2. The summed E-state index contributed by atoms with van der Waals surface area (Å²) in [6, 6.07) is 20.5. The zero-order chi connectivity index (χ0) is 33.5. The SMILES string of the molecule is CC(C)c1cccc(C(C)C)c1P([S-])c1c([P+](=S)c2c(C(C)C)cccc2C(C)C)c1=[P+]([S-])c1c(C(C)C)cccc1C(C)C. The highest BCUT2D eigenvalue weighted by Crippen LogP contribution is 2.47. The standard InChI is InChI=1S/C39H51P3S3/c1-22(2)28-16-13-17-29(23(3)4)34(28)40(43)37-38(41(44)35-30(24(5)6)18-14-19-31(35)25(7)8)39(37)42(45)36-32(26(9)10)20-15-21-33(36)27(11)12/h13-27H,1-12H3. The summed E-state index contributed by atoms with van der Waals surface area (Å²) in [5.74, 6) is 2.40. The van der Waals surface area contributed by atoms with E-state index >= 15 is 0 Å². The zero-order valence-electron chi connectivity index (χ0n) is 29.2. The number of hydrogen-bond acceptors (Lipinski definition) is 3. The van der Waals surface area contributed by atoms with E-state index in [0.29, 0.717) is 35.5 Å². The van der Waals surface area contributed by atoms with Crippen molar-refractivity contribution in [1.82, 2.24) is 0 Å². The molecule has 0 amide bonds. The fraction of sp³-hybridized carbons (Fsp3) is 0.462. The molecule has 4 aromatic rings. The Morgan fingerprint density at radius 3 is 1.13 bits per heavy atom. The molecule has 3 atom stereocenters. The van der Waals surface area contributed by atoms with Crippen LogP contribution < -0.4 is 26.5 Å². The van der Waals surface area contributed by atoms with Crippen LogP contribution in [0.4, 0.5) is 0 Å². The first-order valence-electron chi connectivity index (χ1n) is 16.5. The molecular formula is C39H51P3S3. The predicted molar refractivity (Wildman–Crippen MR) is 217 cm³/mol. The van der Waals surface area contributed by atoms with Gasteiger partial charge in [-0.1, -0.05) is 138 Å². The first-order valence-corrected chi connectivity index (χ1v) is 23.6. The molecule has 0 saturated carbocycles. The summed E-state index contributed by atoms with van der Waals surface area (Å²) in [4.78, 5) is 1.36. The topological polar surface area (TPSA) is 0 Å². The smallest absolute Gasteiger partial charge is 0.256 e. The lowest BCUT2D eigenvalue weighted by Gasteiger charge is -2.29.